The van der Waals surface area contributed by atoms with Crippen LogP contribution in [0, 0.1) is 6.92 Å². The predicted octanol–water partition coefficient (Wildman–Crippen LogP) is 0.754. The smallest absolute Gasteiger partial charge is 0.255 e. The molecule has 9 nitrogen and oxygen atoms in total. The molecule has 1 saturated heterocycles. The van der Waals surface area contributed by atoms with Crippen molar-refractivity contribution in [2.45, 2.75) is 26.9 Å². The first-order valence-corrected chi connectivity index (χ1v) is 12.3. The minimum Gasteiger partial charge on any atom is -0.390 e. The van der Waals surface area contributed by atoms with Crippen molar-refractivity contribution in [1.29, 1.82) is 0 Å². The van der Waals surface area contributed by atoms with Gasteiger partial charge in [-0.05, 0) is 39.1 Å². The molecule has 1 fully saturated rings. The van der Waals surface area contributed by atoms with Gasteiger partial charge in [0.2, 0.25) is 0 Å². The number of allylic oxidation sites excluding steroid dienone is 2. The van der Waals surface area contributed by atoms with Crippen LogP contribution in [0.15, 0.2) is 36.1 Å². The van der Waals surface area contributed by atoms with Crippen molar-refractivity contribution in [2.24, 2.45) is 0 Å². The van der Waals surface area contributed by atoms with E-state index in [0.717, 1.165) is 5.69 Å². The number of β-amino-alcohol motifs (C(OH)–C–C–N with tert-alkyl or cyclic N) is 1. The first-order chi connectivity index (χ1) is 15.1. The van der Waals surface area contributed by atoms with Crippen LogP contribution in [0.1, 0.15) is 35.6 Å². The van der Waals surface area contributed by atoms with Crippen LogP contribution < -0.4 is 10.6 Å². The Balaban J connectivity index is 2.04. The zero-order valence-electron chi connectivity index (χ0n) is 18.7. The van der Waals surface area contributed by atoms with E-state index in [0.29, 0.717) is 29.9 Å². The first kappa shape index (κ1) is 25.6. The summed E-state index contributed by atoms with van der Waals surface area (Å²) in [6.45, 7) is 6.46. The van der Waals surface area contributed by atoms with E-state index in [2.05, 4.69) is 15.6 Å². The van der Waals surface area contributed by atoms with Gasteiger partial charge >= 0.3 is 0 Å². The summed E-state index contributed by atoms with van der Waals surface area (Å²) in [6.07, 6.45) is 7.40. The maximum Gasteiger partial charge on any atom is 0.255 e. The van der Waals surface area contributed by atoms with Gasteiger partial charge in [0.25, 0.3) is 11.8 Å². The maximum atomic E-state index is 12.7. The molecule has 1 aromatic rings. The largest absolute Gasteiger partial charge is 0.390 e. The number of carbonyl (C=O) groups excluding carboxylic acids is 2. The van der Waals surface area contributed by atoms with E-state index in [1.54, 1.807) is 44.2 Å². The monoisotopic (exact) mass is 464 g/mol. The van der Waals surface area contributed by atoms with Crippen LogP contribution in [0.2, 0.25) is 0 Å². The highest BCUT2D eigenvalue weighted by Crippen LogP contribution is 2.16. The number of aryl methyl sites for hydroxylation is 1. The van der Waals surface area contributed by atoms with Gasteiger partial charge in [-0.3, -0.25) is 14.5 Å². The molecule has 2 rings (SSSR count). The van der Waals surface area contributed by atoms with Crippen molar-refractivity contribution in [3.8, 4) is 0 Å². The molecule has 0 bridgehead atoms. The van der Waals surface area contributed by atoms with Gasteiger partial charge in [0, 0.05) is 37.4 Å². The Morgan fingerprint density at radius 1 is 1.25 bits per heavy atom. The third kappa shape index (κ3) is 7.77. The fraction of sp³-hybridized carbons (Fsp3) is 0.455. The van der Waals surface area contributed by atoms with Gasteiger partial charge in [0.05, 0.1) is 28.9 Å². The molecule has 2 amide bonds. The van der Waals surface area contributed by atoms with E-state index in [9.17, 15) is 23.1 Å². The molecule has 176 valence electrons. The molecule has 10 heteroatoms. The van der Waals surface area contributed by atoms with Gasteiger partial charge in [0.1, 0.15) is 0 Å². The van der Waals surface area contributed by atoms with Crippen LogP contribution in [0.25, 0.3) is 6.08 Å². The summed E-state index contributed by atoms with van der Waals surface area (Å²) in [5.41, 5.74) is 1.98. The number of amides is 2. The Morgan fingerprint density at radius 3 is 2.56 bits per heavy atom. The van der Waals surface area contributed by atoms with Crippen molar-refractivity contribution in [3.63, 3.8) is 0 Å². The molecule has 0 aromatic carbocycles. The Morgan fingerprint density at radius 2 is 1.94 bits per heavy atom. The third-order valence-corrected chi connectivity index (χ3v) is 6.53. The number of sulfone groups is 1. The number of aromatic nitrogens is 1. The number of rotatable bonds is 9. The van der Waals surface area contributed by atoms with Gasteiger partial charge < -0.3 is 20.7 Å². The third-order valence-electron chi connectivity index (χ3n) is 4.92. The highest BCUT2D eigenvalue weighted by atomic mass is 32.2. The standard InChI is InChI=1S/C22H32N4O5S/c1-4-6-17(21(28)23-7-5-2)13-20-19(12-16(3)25-20)22(29)24-14-18(27)15-26-8-10-32(30,31)11-9-26/h4-7,12-13,18,25,27H,8-11,14-15H2,1-3H3,(H,23,28)(H,24,29). The Kier molecular flexibility index (Phi) is 9.42. The van der Waals surface area contributed by atoms with Crippen LogP contribution in [-0.4, -0.2) is 79.0 Å². The normalized spacial score (nSPS) is 18.2. The Bertz CT molecular complexity index is 994. The minimum absolute atomic E-state index is 0.0268. The molecule has 0 radical (unpaired) electrons. The molecule has 32 heavy (non-hydrogen) atoms. The molecule has 0 spiro atoms. The van der Waals surface area contributed by atoms with E-state index in [-0.39, 0.29) is 36.4 Å². The second-order valence-corrected chi connectivity index (χ2v) is 9.97. The molecule has 1 aliphatic rings. The lowest BCUT2D eigenvalue weighted by molar-refractivity contribution is -0.116. The second kappa shape index (κ2) is 11.8. The number of H-pyrrole nitrogens is 1. The van der Waals surface area contributed by atoms with Crippen LogP contribution in [0.5, 0.6) is 0 Å². The molecule has 2 heterocycles. The quantitative estimate of drug-likeness (QED) is 0.315. The molecule has 1 aromatic heterocycles. The first-order valence-electron chi connectivity index (χ1n) is 10.5. The van der Waals surface area contributed by atoms with Crippen molar-refractivity contribution in [3.05, 3.63) is 53.0 Å². The van der Waals surface area contributed by atoms with Crippen molar-refractivity contribution in [1.82, 2.24) is 20.5 Å². The maximum absolute atomic E-state index is 12.7. The summed E-state index contributed by atoms with van der Waals surface area (Å²) in [4.78, 5) is 30.1. The van der Waals surface area contributed by atoms with Crippen LogP contribution in [-0.2, 0) is 14.6 Å². The number of nitrogens with one attached hydrogen (secondary N) is 3. The summed E-state index contributed by atoms with van der Waals surface area (Å²) in [6, 6.07) is 1.68. The van der Waals surface area contributed by atoms with Crippen molar-refractivity contribution >= 4 is 27.7 Å². The van der Waals surface area contributed by atoms with Crippen LogP contribution in [0.3, 0.4) is 0 Å². The summed E-state index contributed by atoms with van der Waals surface area (Å²) >= 11 is 0. The fourth-order valence-electron chi connectivity index (χ4n) is 3.28. The SMILES string of the molecule is CC=CNC(=O)C(C=CC)=Cc1[nH]c(C)cc1C(=O)NCC(O)CN1CCS(=O)(=O)CC1. The number of hydrogen-bond donors (Lipinski definition) is 4. The average molecular weight is 465 g/mol. The van der Waals surface area contributed by atoms with Gasteiger partial charge in [-0.1, -0.05) is 18.2 Å². The number of nitrogens with zero attached hydrogens (tertiary/aromatic N) is 1. The summed E-state index contributed by atoms with van der Waals surface area (Å²) in [7, 11) is -2.98. The zero-order chi connectivity index (χ0) is 23.7. The number of aromatic amines is 1. The van der Waals surface area contributed by atoms with E-state index in [1.807, 2.05) is 11.8 Å². The van der Waals surface area contributed by atoms with Crippen molar-refractivity contribution in [2.75, 3.05) is 37.7 Å². The molecular weight excluding hydrogens is 432 g/mol. The highest BCUT2D eigenvalue weighted by Gasteiger charge is 2.23. The van der Waals surface area contributed by atoms with E-state index >= 15 is 0 Å². The van der Waals surface area contributed by atoms with Crippen LogP contribution in [0.4, 0.5) is 0 Å². The number of aliphatic hydroxyl groups excluding tert-OH is 1. The summed E-state index contributed by atoms with van der Waals surface area (Å²) < 4.78 is 23.0. The topological polar surface area (TPSA) is 132 Å². The summed E-state index contributed by atoms with van der Waals surface area (Å²) in [5, 5.41) is 15.6. The van der Waals surface area contributed by atoms with Gasteiger partial charge in [-0.2, -0.15) is 0 Å². The number of hydrogen-bond acceptors (Lipinski definition) is 6. The predicted molar refractivity (Wildman–Crippen MR) is 125 cm³/mol. The fourth-order valence-corrected chi connectivity index (χ4v) is 4.56. The lowest BCUT2D eigenvalue weighted by Gasteiger charge is -2.28. The molecule has 1 unspecified atom stereocenters. The average Bonchev–Trinajstić information content (AvgIpc) is 3.11. The highest BCUT2D eigenvalue weighted by molar-refractivity contribution is 7.91. The number of carbonyl (C=O) groups is 2. The van der Waals surface area contributed by atoms with E-state index in [4.69, 9.17) is 0 Å². The molecule has 0 aliphatic carbocycles. The minimum atomic E-state index is -2.98. The second-order valence-electron chi connectivity index (χ2n) is 7.67. The van der Waals surface area contributed by atoms with Gasteiger partial charge in [0.15, 0.2) is 9.84 Å². The summed E-state index contributed by atoms with van der Waals surface area (Å²) in [5.74, 6) is -0.519. The number of aliphatic hydroxyl groups is 1. The zero-order valence-corrected chi connectivity index (χ0v) is 19.5. The molecular formula is C22H32N4O5S. The van der Waals surface area contributed by atoms with E-state index in [1.165, 1.54) is 6.20 Å². The Hall–Kier alpha value is -2.69. The van der Waals surface area contributed by atoms with Crippen LogP contribution >= 0.6 is 0 Å². The molecule has 4 N–H and O–H groups in total. The lowest BCUT2D eigenvalue weighted by Crippen LogP contribution is -2.46. The van der Waals surface area contributed by atoms with E-state index < -0.39 is 15.9 Å². The van der Waals surface area contributed by atoms with Gasteiger partial charge in [-0.15, -0.1) is 0 Å². The molecule has 0 saturated carbocycles. The van der Waals surface area contributed by atoms with Crippen molar-refractivity contribution < 1.29 is 23.1 Å². The molecule has 1 atom stereocenters. The molecule has 1 aliphatic heterocycles. The van der Waals surface area contributed by atoms with Gasteiger partial charge in [-0.25, -0.2) is 8.42 Å². The Labute approximate surface area is 189 Å². The lowest BCUT2D eigenvalue weighted by atomic mass is 10.1.